The summed E-state index contributed by atoms with van der Waals surface area (Å²) >= 11 is 3.13. The molecule has 0 saturated carbocycles. The van der Waals surface area contributed by atoms with Gasteiger partial charge in [0.1, 0.15) is 10.6 Å². The summed E-state index contributed by atoms with van der Waals surface area (Å²) in [6.07, 6.45) is 0. The zero-order chi connectivity index (χ0) is 10.8. The fourth-order valence-electron chi connectivity index (χ4n) is 1.14. The van der Waals surface area contributed by atoms with Crippen molar-refractivity contribution in [1.29, 1.82) is 0 Å². The van der Waals surface area contributed by atoms with E-state index in [2.05, 4.69) is 15.9 Å². The largest absolute Gasteiger partial charge is 0.454 e. The van der Waals surface area contributed by atoms with Gasteiger partial charge >= 0.3 is 5.97 Å². The van der Waals surface area contributed by atoms with Gasteiger partial charge in [-0.05, 0) is 19.1 Å². The van der Waals surface area contributed by atoms with E-state index in [4.69, 9.17) is 14.2 Å². The highest BCUT2D eigenvalue weighted by Crippen LogP contribution is 2.35. The third kappa shape index (κ3) is 2.23. The molecule has 0 radical (unpaired) electrons. The van der Waals surface area contributed by atoms with E-state index in [1.54, 1.807) is 25.1 Å². The molecule has 0 aromatic heterocycles. The van der Waals surface area contributed by atoms with Gasteiger partial charge < -0.3 is 14.2 Å². The molecule has 1 unspecified atom stereocenters. The predicted molar refractivity (Wildman–Crippen MR) is 56.6 cm³/mol. The third-order valence-corrected chi connectivity index (χ3v) is 2.26. The zero-order valence-corrected chi connectivity index (χ0v) is 9.61. The molecule has 5 heteroatoms. The number of esters is 1. The third-order valence-electron chi connectivity index (χ3n) is 1.89. The first-order valence-corrected chi connectivity index (χ1v) is 5.34. The van der Waals surface area contributed by atoms with Gasteiger partial charge in [0, 0.05) is 6.07 Å². The zero-order valence-electron chi connectivity index (χ0n) is 8.03. The van der Waals surface area contributed by atoms with Gasteiger partial charge in [-0.15, -0.1) is 0 Å². The average molecular weight is 273 g/mol. The molecule has 0 bridgehead atoms. The van der Waals surface area contributed by atoms with Crippen molar-refractivity contribution in [2.75, 3.05) is 6.79 Å². The molecule has 1 aromatic rings. The van der Waals surface area contributed by atoms with Crippen LogP contribution < -0.4 is 14.2 Å². The van der Waals surface area contributed by atoms with Crippen molar-refractivity contribution < 1.29 is 19.0 Å². The van der Waals surface area contributed by atoms with Gasteiger partial charge in [-0.2, -0.15) is 0 Å². The predicted octanol–water partition coefficient (Wildman–Crippen LogP) is 2.10. The van der Waals surface area contributed by atoms with Crippen LogP contribution in [0.1, 0.15) is 6.92 Å². The molecule has 4 nitrogen and oxygen atoms in total. The quantitative estimate of drug-likeness (QED) is 0.470. The Balaban J connectivity index is 2.13. The van der Waals surface area contributed by atoms with Crippen molar-refractivity contribution in [2.24, 2.45) is 0 Å². The molecule has 1 atom stereocenters. The van der Waals surface area contributed by atoms with Crippen molar-refractivity contribution >= 4 is 21.9 Å². The van der Waals surface area contributed by atoms with E-state index in [9.17, 15) is 4.79 Å². The number of hydrogen-bond donors (Lipinski definition) is 0. The van der Waals surface area contributed by atoms with E-state index in [0.717, 1.165) is 0 Å². The van der Waals surface area contributed by atoms with Gasteiger partial charge in [-0.25, -0.2) is 0 Å². The number of ether oxygens (including phenoxy) is 3. The molecule has 0 N–H and O–H groups in total. The number of hydrogen-bond acceptors (Lipinski definition) is 4. The molecule has 1 aliphatic rings. The average Bonchev–Trinajstić information content (AvgIpc) is 2.64. The van der Waals surface area contributed by atoms with Crippen molar-refractivity contribution in [3.63, 3.8) is 0 Å². The molecule has 1 heterocycles. The molecule has 15 heavy (non-hydrogen) atoms. The Hall–Kier alpha value is -1.23. The van der Waals surface area contributed by atoms with Crippen LogP contribution in [-0.2, 0) is 4.79 Å². The Morgan fingerprint density at radius 3 is 2.93 bits per heavy atom. The first-order chi connectivity index (χ1) is 7.16. The summed E-state index contributed by atoms with van der Waals surface area (Å²) < 4.78 is 15.4. The second-order valence-electron chi connectivity index (χ2n) is 3.05. The summed E-state index contributed by atoms with van der Waals surface area (Å²) in [4.78, 5) is 10.9. The van der Waals surface area contributed by atoms with Gasteiger partial charge in [-0.3, -0.25) is 4.79 Å². The summed E-state index contributed by atoms with van der Waals surface area (Å²) in [5.74, 6) is 1.38. The minimum absolute atomic E-state index is 0.210. The highest BCUT2D eigenvalue weighted by molar-refractivity contribution is 9.10. The summed E-state index contributed by atoms with van der Waals surface area (Å²) in [6.45, 7) is 1.91. The van der Waals surface area contributed by atoms with Crippen LogP contribution in [0.4, 0.5) is 0 Å². The van der Waals surface area contributed by atoms with Crippen LogP contribution >= 0.6 is 15.9 Å². The normalized spacial score (nSPS) is 14.8. The van der Waals surface area contributed by atoms with E-state index in [0.29, 0.717) is 17.2 Å². The molecular formula is C10H9BrO4. The smallest absolute Gasteiger partial charge is 0.324 e. The van der Waals surface area contributed by atoms with E-state index in [1.165, 1.54) is 0 Å². The van der Waals surface area contributed by atoms with Crippen LogP contribution in [0.5, 0.6) is 17.2 Å². The highest BCUT2D eigenvalue weighted by Gasteiger charge is 2.16. The van der Waals surface area contributed by atoms with Crippen molar-refractivity contribution in [3.05, 3.63) is 18.2 Å². The summed E-state index contributed by atoms with van der Waals surface area (Å²) in [7, 11) is 0. The van der Waals surface area contributed by atoms with E-state index < -0.39 is 0 Å². The van der Waals surface area contributed by atoms with Crippen LogP contribution in [-0.4, -0.2) is 17.6 Å². The Labute approximate surface area is 95.3 Å². The van der Waals surface area contributed by atoms with Crippen LogP contribution in [0.15, 0.2) is 18.2 Å². The lowest BCUT2D eigenvalue weighted by Crippen LogP contribution is -2.16. The molecule has 0 spiro atoms. The number of carbonyl (C=O) groups excluding carboxylic acids is 1. The molecule has 0 saturated heterocycles. The highest BCUT2D eigenvalue weighted by atomic mass is 79.9. The van der Waals surface area contributed by atoms with Crippen LogP contribution in [0.2, 0.25) is 0 Å². The van der Waals surface area contributed by atoms with Crippen LogP contribution in [0.3, 0.4) is 0 Å². The Morgan fingerprint density at radius 2 is 2.20 bits per heavy atom. The second kappa shape index (κ2) is 4.10. The van der Waals surface area contributed by atoms with Crippen molar-refractivity contribution in [3.8, 4) is 17.2 Å². The lowest BCUT2D eigenvalue weighted by molar-refractivity contribution is -0.133. The van der Waals surface area contributed by atoms with Gasteiger partial charge in [0.2, 0.25) is 6.79 Å². The standard InChI is InChI=1S/C10H9BrO4/c1-6(11)10(12)15-7-2-3-8-9(4-7)14-5-13-8/h2-4,6H,5H2,1H3. The number of fused-ring (bicyclic) bond motifs is 1. The molecule has 1 aliphatic heterocycles. The summed E-state index contributed by atoms with van der Waals surface area (Å²) in [5.41, 5.74) is 0. The summed E-state index contributed by atoms with van der Waals surface area (Å²) in [6, 6.07) is 5.01. The maximum Gasteiger partial charge on any atom is 0.324 e. The Bertz CT molecular complexity index is 389. The maximum absolute atomic E-state index is 11.3. The van der Waals surface area contributed by atoms with Gasteiger partial charge in [0.05, 0.1) is 0 Å². The number of rotatable bonds is 2. The number of alkyl halides is 1. The van der Waals surface area contributed by atoms with Gasteiger partial charge in [0.25, 0.3) is 0 Å². The maximum atomic E-state index is 11.3. The molecule has 80 valence electrons. The molecule has 2 rings (SSSR count). The fraction of sp³-hybridized carbons (Fsp3) is 0.300. The Morgan fingerprint density at radius 1 is 1.47 bits per heavy atom. The van der Waals surface area contributed by atoms with Crippen LogP contribution in [0, 0.1) is 0 Å². The monoisotopic (exact) mass is 272 g/mol. The van der Waals surface area contributed by atoms with E-state index in [1.807, 2.05) is 0 Å². The van der Waals surface area contributed by atoms with Crippen LogP contribution in [0.25, 0.3) is 0 Å². The minimum Gasteiger partial charge on any atom is -0.454 e. The molecular weight excluding hydrogens is 264 g/mol. The second-order valence-corrected chi connectivity index (χ2v) is 4.43. The van der Waals surface area contributed by atoms with Crippen molar-refractivity contribution in [1.82, 2.24) is 0 Å². The lowest BCUT2D eigenvalue weighted by Gasteiger charge is -2.05. The van der Waals surface area contributed by atoms with E-state index >= 15 is 0 Å². The van der Waals surface area contributed by atoms with Gasteiger partial charge in [-0.1, -0.05) is 15.9 Å². The number of benzene rings is 1. The number of carbonyl (C=O) groups is 1. The summed E-state index contributed by atoms with van der Waals surface area (Å²) in [5, 5.41) is 0. The van der Waals surface area contributed by atoms with Gasteiger partial charge in [0.15, 0.2) is 11.5 Å². The Kier molecular flexibility index (Phi) is 2.81. The fourth-order valence-corrected chi connectivity index (χ4v) is 1.23. The molecule has 0 aliphatic carbocycles. The topological polar surface area (TPSA) is 44.8 Å². The molecule has 0 fully saturated rings. The number of halogens is 1. The molecule has 1 aromatic carbocycles. The minimum atomic E-state index is -0.339. The molecule has 0 amide bonds. The first kappa shape index (κ1) is 10.3. The lowest BCUT2D eigenvalue weighted by atomic mass is 10.3. The van der Waals surface area contributed by atoms with E-state index in [-0.39, 0.29) is 17.6 Å². The van der Waals surface area contributed by atoms with Crippen molar-refractivity contribution in [2.45, 2.75) is 11.8 Å². The first-order valence-electron chi connectivity index (χ1n) is 4.42. The SMILES string of the molecule is CC(Br)C(=O)Oc1ccc2c(c1)OCO2.